The highest BCUT2D eigenvalue weighted by molar-refractivity contribution is 7.99. The zero-order chi connectivity index (χ0) is 13.0. The summed E-state index contributed by atoms with van der Waals surface area (Å²) in [4.78, 5) is 1.13. The maximum atomic E-state index is 9.30. The third-order valence-electron chi connectivity index (χ3n) is 2.75. The number of benzene rings is 2. The van der Waals surface area contributed by atoms with Crippen LogP contribution >= 0.6 is 11.8 Å². The Bertz CT molecular complexity index is 491. The second-order valence-electron chi connectivity index (χ2n) is 4.10. The van der Waals surface area contributed by atoms with Gasteiger partial charge in [-0.25, -0.2) is 0 Å². The van der Waals surface area contributed by atoms with Crippen LogP contribution in [0.4, 0.5) is 0 Å². The van der Waals surface area contributed by atoms with Gasteiger partial charge in [-0.1, -0.05) is 19.1 Å². The third-order valence-corrected chi connectivity index (χ3v) is 4.19. The normalized spacial score (nSPS) is 12.3. The summed E-state index contributed by atoms with van der Waals surface area (Å²) < 4.78 is 0. The molecule has 0 spiro atoms. The molecule has 3 heteroatoms. The van der Waals surface area contributed by atoms with Crippen LogP contribution in [0.25, 0.3) is 0 Å². The molecule has 2 N–H and O–H groups in total. The fourth-order valence-corrected chi connectivity index (χ4v) is 2.85. The second kappa shape index (κ2) is 5.83. The van der Waals surface area contributed by atoms with Gasteiger partial charge in [0.25, 0.3) is 0 Å². The minimum Gasteiger partial charge on any atom is -0.508 e. The van der Waals surface area contributed by atoms with E-state index in [9.17, 15) is 10.2 Å². The molecule has 0 heterocycles. The molecule has 0 aliphatic carbocycles. The van der Waals surface area contributed by atoms with Crippen molar-refractivity contribution in [2.24, 2.45) is 0 Å². The molecule has 1 atom stereocenters. The van der Waals surface area contributed by atoms with Crippen LogP contribution in [-0.2, 0) is 0 Å². The number of thioether (sulfide) groups is 1. The Balaban J connectivity index is 2.14. The van der Waals surface area contributed by atoms with Crippen LogP contribution in [0.2, 0.25) is 0 Å². The van der Waals surface area contributed by atoms with Crippen LogP contribution < -0.4 is 0 Å². The van der Waals surface area contributed by atoms with Crippen molar-refractivity contribution in [3.05, 3.63) is 54.1 Å². The van der Waals surface area contributed by atoms with E-state index in [-0.39, 0.29) is 5.75 Å². The zero-order valence-electron chi connectivity index (χ0n) is 10.2. The van der Waals surface area contributed by atoms with Crippen molar-refractivity contribution in [3.63, 3.8) is 0 Å². The molecular formula is C15H16O2S. The lowest BCUT2D eigenvalue weighted by Crippen LogP contribution is -1.91. The lowest BCUT2D eigenvalue weighted by atomic mass is 10.1. The first-order chi connectivity index (χ1) is 8.69. The number of hydrogen-bond donors (Lipinski definition) is 2. The van der Waals surface area contributed by atoms with Gasteiger partial charge in [-0.15, -0.1) is 11.8 Å². The van der Waals surface area contributed by atoms with Crippen molar-refractivity contribution in [2.75, 3.05) is 0 Å². The molecule has 0 bridgehead atoms. The van der Waals surface area contributed by atoms with Crippen LogP contribution in [-0.4, -0.2) is 10.2 Å². The lowest BCUT2D eigenvalue weighted by molar-refractivity contribution is 0.474. The predicted octanol–water partition coefficient (Wildman–Crippen LogP) is 4.34. The minimum atomic E-state index is 0.289. The molecule has 0 saturated carbocycles. The Morgan fingerprint density at radius 2 is 1.39 bits per heavy atom. The molecule has 0 radical (unpaired) electrons. The quantitative estimate of drug-likeness (QED) is 0.803. The second-order valence-corrected chi connectivity index (χ2v) is 5.38. The van der Waals surface area contributed by atoms with E-state index < -0.39 is 0 Å². The third kappa shape index (κ3) is 3.20. The number of phenolic OH excluding ortho intramolecular Hbond substituents is 2. The molecule has 18 heavy (non-hydrogen) atoms. The van der Waals surface area contributed by atoms with Gasteiger partial charge in [-0.05, 0) is 48.4 Å². The number of aromatic hydroxyl groups is 2. The Morgan fingerprint density at radius 3 is 1.89 bits per heavy atom. The van der Waals surface area contributed by atoms with E-state index in [1.54, 1.807) is 36.0 Å². The highest BCUT2D eigenvalue weighted by Gasteiger charge is 2.11. The standard InChI is InChI=1S/C15H16O2S/c1-2-15(11-3-5-12(16)6-4-11)18-14-9-7-13(17)8-10-14/h3-10,15-17H,2H2,1H3. The summed E-state index contributed by atoms with van der Waals surface area (Å²) in [6.07, 6.45) is 1.01. The molecule has 1 unspecified atom stereocenters. The number of rotatable bonds is 4. The van der Waals surface area contributed by atoms with Gasteiger partial charge in [0.1, 0.15) is 11.5 Å². The molecule has 2 rings (SSSR count). The molecule has 2 nitrogen and oxygen atoms in total. The molecule has 0 fully saturated rings. The zero-order valence-corrected chi connectivity index (χ0v) is 11.0. The van der Waals surface area contributed by atoms with Gasteiger partial charge in [-0.3, -0.25) is 0 Å². The first-order valence-corrected chi connectivity index (χ1v) is 6.81. The summed E-state index contributed by atoms with van der Waals surface area (Å²) in [6, 6.07) is 14.6. The molecule has 0 aliphatic rings. The highest BCUT2D eigenvalue weighted by Crippen LogP contribution is 2.38. The van der Waals surface area contributed by atoms with Crippen molar-refractivity contribution in [3.8, 4) is 11.5 Å². The van der Waals surface area contributed by atoms with Crippen LogP contribution in [0.15, 0.2) is 53.4 Å². The van der Waals surface area contributed by atoms with Gasteiger partial charge in [-0.2, -0.15) is 0 Å². The Morgan fingerprint density at radius 1 is 0.889 bits per heavy atom. The molecule has 0 aromatic heterocycles. The topological polar surface area (TPSA) is 40.5 Å². The van der Waals surface area contributed by atoms with E-state index in [2.05, 4.69) is 6.92 Å². The molecule has 0 amide bonds. The van der Waals surface area contributed by atoms with Crippen molar-refractivity contribution in [2.45, 2.75) is 23.5 Å². The molecule has 0 saturated heterocycles. The van der Waals surface area contributed by atoms with E-state index in [1.807, 2.05) is 24.3 Å². The Labute approximate surface area is 111 Å². The van der Waals surface area contributed by atoms with Crippen LogP contribution in [0.1, 0.15) is 24.2 Å². The number of hydrogen-bond acceptors (Lipinski definition) is 3. The van der Waals surface area contributed by atoms with Crippen LogP contribution in [0.3, 0.4) is 0 Å². The maximum Gasteiger partial charge on any atom is 0.115 e. The van der Waals surface area contributed by atoms with Crippen molar-refractivity contribution in [1.82, 2.24) is 0 Å². The summed E-state index contributed by atoms with van der Waals surface area (Å²) in [5.41, 5.74) is 1.20. The first-order valence-electron chi connectivity index (χ1n) is 5.93. The highest BCUT2D eigenvalue weighted by atomic mass is 32.2. The summed E-state index contributed by atoms with van der Waals surface area (Å²) in [5, 5.41) is 18.9. The van der Waals surface area contributed by atoms with Gasteiger partial charge < -0.3 is 10.2 Å². The average molecular weight is 260 g/mol. The van der Waals surface area contributed by atoms with Gasteiger partial charge in [0, 0.05) is 10.1 Å². The monoisotopic (exact) mass is 260 g/mol. The SMILES string of the molecule is CCC(Sc1ccc(O)cc1)c1ccc(O)cc1. The summed E-state index contributed by atoms with van der Waals surface area (Å²) in [5.74, 6) is 0.584. The maximum absolute atomic E-state index is 9.30. The van der Waals surface area contributed by atoms with Gasteiger partial charge in [0.05, 0.1) is 0 Å². The fraction of sp³-hybridized carbons (Fsp3) is 0.200. The van der Waals surface area contributed by atoms with E-state index in [4.69, 9.17) is 0 Å². The Kier molecular flexibility index (Phi) is 4.15. The molecule has 2 aromatic rings. The largest absolute Gasteiger partial charge is 0.508 e. The van der Waals surface area contributed by atoms with Crippen LogP contribution in [0.5, 0.6) is 11.5 Å². The van der Waals surface area contributed by atoms with Gasteiger partial charge in [0.2, 0.25) is 0 Å². The number of phenols is 2. The van der Waals surface area contributed by atoms with Crippen molar-refractivity contribution < 1.29 is 10.2 Å². The smallest absolute Gasteiger partial charge is 0.115 e. The Hall–Kier alpha value is -1.61. The van der Waals surface area contributed by atoms with E-state index in [0.717, 1.165) is 11.3 Å². The molecule has 94 valence electrons. The molecular weight excluding hydrogens is 244 g/mol. The van der Waals surface area contributed by atoms with Crippen LogP contribution in [0, 0.1) is 0 Å². The molecule has 0 aliphatic heterocycles. The van der Waals surface area contributed by atoms with Gasteiger partial charge >= 0.3 is 0 Å². The summed E-state index contributed by atoms with van der Waals surface area (Å²) in [6.45, 7) is 2.14. The summed E-state index contributed by atoms with van der Waals surface area (Å²) >= 11 is 1.76. The predicted molar refractivity (Wildman–Crippen MR) is 75.1 cm³/mol. The van der Waals surface area contributed by atoms with Crippen molar-refractivity contribution in [1.29, 1.82) is 0 Å². The lowest BCUT2D eigenvalue weighted by Gasteiger charge is -2.15. The van der Waals surface area contributed by atoms with E-state index >= 15 is 0 Å². The van der Waals surface area contributed by atoms with Crippen molar-refractivity contribution >= 4 is 11.8 Å². The fourth-order valence-electron chi connectivity index (χ4n) is 1.77. The average Bonchev–Trinajstić information content (AvgIpc) is 2.39. The van der Waals surface area contributed by atoms with Gasteiger partial charge in [0.15, 0.2) is 0 Å². The van der Waals surface area contributed by atoms with E-state index in [1.165, 1.54) is 5.56 Å². The summed E-state index contributed by atoms with van der Waals surface area (Å²) in [7, 11) is 0. The molecule has 2 aromatic carbocycles. The first kappa shape index (κ1) is 12.8. The minimum absolute atomic E-state index is 0.289. The van der Waals surface area contributed by atoms with E-state index in [0.29, 0.717) is 11.0 Å².